The maximum absolute atomic E-state index is 12.6. The van der Waals surface area contributed by atoms with Gasteiger partial charge < -0.3 is 18.6 Å². The van der Waals surface area contributed by atoms with Gasteiger partial charge in [-0.2, -0.15) is 0 Å². The van der Waals surface area contributed by atoms with E-state index in [4.69, 9.17) is 9.15 Å². The SMILES string of the molecule is CC(=O)N1[C@@H](C(=O)OCC(=O)c2cc(C)n(C)c2C)CS[C@H]1c1ccco1. The number of aryl methyl sites for hydroxylation is 1. The maximum atomic E-state index is 12.6. The van der Waals surface area contributed by atoms with Gasteiger partial charge in [0.15, 0.2) is 6.61 Å². The zero-order valence-electron chi connectivity index (χ0n) is 15.7. The van der Waals surface area contributed by atoms with E-state index in [1.165, 1.54) is 29.8 Å². The molecule has 0 saturated carbocycles. The summed E-state index contributed by atoms with van der Waals surface area (Å²) in [5.41, 5.74) is 2.33. The highest BCUT2D eigenvalue weighted by Crippen LogP contribution is 2.41. The number of carbonyl (C=O) groups excluding carboxylic acids is 3. The molecule has 27 heavy (non-hydrogen) atoms. The number of hydrogen-bond acceptors (Lipinski definition) is 6. The Labute approximate surface area is 161 Å². The van der Waals surface area contributed by atoms with Crippen LogP contribution in [0.25, 0.3) is 0 Å². The minimum absolute atomic E-state index is 0.246. The first-order valence-electron chi connectivity index (χ1n) is 8.58. The van der Waals surface area contributed by atoms with Crippen LogP contribution in [0.4, 0.5) is 0 Å². The Kier molecular flexibility index (Phi) is 5.46. The average Bonchev–Trinajstić information content (AvgIpc) is 3.35. The molecule has 1 saturated heterocycles. The van der Waals surface area contributed by atoms with E-state index in [1.807, 2.05) is 25.5 Å². The molecule has 1 amide bonds. The van der Waals surface area contributed by atoms with Gasteiger partial charge in [0, 0.05) is 36.7 Å². The van der Waals surface area contributed by atoms with Gasteiger partial charge in [-0.1, -0.05) is 0 Å². The van der Waals surface area contributed by atoms with Gasteiger partial charge >= 0.3 is 5.97 Å². The van der Waals surface area contributed by atoms with Crippen LogP contribution in [-0.4, -0.2) is 45.5 Å². The summed E-state index contributed by atoms with van der Waals surface area (Å²) in [4.78, 5) is 38.5. The second kappa shape index (κ2) is 7.64. The molecule has 0 unspecified atom stereocenters. The van der Waals surface area contributed by atoms with Gasteiger partial charge in [0.25, 0.3) is 0 Å². The van der Waals surface area contributed by atoms with E-state index < -0.39 is 12.0 Å². The average molecular weight is 390 g/mol. The predicted molar refractivity (Wildman–Crippen MR) is 100 cm³/mol. The molecular formula is C19H22N2O5S. The van der Waals surface area contributed by atoms with E-state index in [0.29, 0.717) is 17.1 Å². The summed E-state index contributed by atoms with van der Waals surface area (Å²) in [6, 6.07) is 4.55. The van der Waals surface area contributed by atoms with Crippen LogP contribution in [0.15, 0.2) is 28.9 Å². The fourth-order valence-electron chi connectivity index (χ4n) is 3.17. The van der Waals surface area contributed by atoms with Crippen molar-refractivity contribution < 1.29 is 23.5 Å². The van der Waals surface area contributed by atoms with Gasteiger partial charge in [-0.05, 0) is 32.0 Å². The van der Waals surface area contributed by atoms with E-state index in [0.717, 1.165) is 11.4 Å². The molecule has 3 rings (SSSR count). The molecule has 2 aromatic rings. The maximum Gasteiger partial charge on any atom is 0.330 e. The number of amides is 1. The van der Waals surface area contributed by atoms with Crippen molar-refractivity contribution in [1.82, 2.24) is 9.47 Å². The Bertz CT molecular complexity index is 871. The molecule has 0 aliphatic carbocycles. The zero-order chi connectivity index (χ0) is 19.7. The quantitative estimate of drug-likeness (QED) is 0.577. The number of ether oxygens (including phenoxy) is 1. The first kappa shape index (κ1) is 19.3. The number of thioether (sulfide) groups is 1. The summed E-state index contributed by atoms with van der Waals surface area (Å²) in [6.07, 6.45) is 1.53. The highest BCUT2D eigenvalue weighted by atomic mass is 32.2. The third-order valence-corrected chi connectivity index (χ3v) is 6.13. The highest BCUT2D eigenvalue weighted by molar-refractivity contribution is 7.99. The number of aromatic nitrogens is 1. The van der Waals surface area contributed by atoms with E-state index in [9.17, 15) is 14.4 Å². The summed E-state index contributed by atoms with van der Waals surface area (Å²) in [5.74, 6) is -0.0831. The lowest BCUT2D eigenvalue weighted by Gasteiger charge is -2.25. The number of carbonyl (C=O) groups is 3. The molecule has 7 nitrogen and oxygen atoms in total. The molecule has 0 spiro atoms. The summed E-state index contributed by atoms with van der Waals surface area (Å²) in [7, 11) is 1.88. The molecule has 144 valence electrons. The van der Waals surface area contributed by atoms with Gasteiger partial charge in [0.05, 0.1) is 6.26 Å². The molecule has 8 heteroatoms. The monoisotopic (exact) mass is 390 g/mol. The zero-order valence-corrected chi connectivity index (χ0v) is 16.5. The fraction of sp³-hybridized carbons (Fsp3) is 0.421. The molecule has 0 aromatic carbocycles. The van der Waals surface area contributed by atoms with Gasteiger partial charge in [-0.25, -0.2) is 4.79 Å². The summed E-state index contributed by atoms with van der Waals surface area (Å²) >= 11 is 1.43. The number of furan rings is 1. The lowest BCUT2D eigenvalue weighted by Crippen LogP contribution is -2.43. The molecule has 2 aromatic heterocycles. The second-order valence-electron chi connectivity index (χ2n) is 6.52. The smallest absolute Gasteiger partial charge is 0.330 e. The lowest BCUT2D eigenvalue weighted by molar-refractivity contribution is -0.152. The summed E-state index contributed by atoms with van der Waals surface area (Å²) in [6.45, 7) is 4.82. The number of Topliss-reactive ketones (excluding diaryl/α,β-unsaturated/α-hetero) is 1. The third-order valence-electron chi connectivity index (χ3n) is 4.84. The van der Waals surface area contributed by atoms with Crippen molar-refractivity contribution in [3.63, 3.8) is 0 Å². The number of ketones is 1. The minimum atomic E-state index is -0.742. The topological polar surface area (TPSA) is 81.8 Å². The Balaban J connectivity index is 1.67. The van der Waals surface area contributed by atoms with Gasteiger partial charge in [-0.15, -0.1) is 11.8 Å². The van der Waals surface area contributed by atoms with Crippen molar-refractivity contribution in [2.45, 2.75) is 32.2 Å². The molecular weight excluding hydrogens is 368 g/mol. The number of esters is 1. The summed E-state index contributed by atoms with van der Waals surface area (Å²) < 4.78 is 12.6. The van der Waals surface area contributed by atoms with Crippen molar-refractivity contribution in [3.05, 3.63) is 47.2 Å². The number of nitrogens with zero attached hydrogens (tertiary/aromatic N) is 2. The van der Waals surface area contributed by atoms with E-state index in [1.54, 1.807) is 18.2 Å². The van der Waals surface area contributed by atoms with Crippen LogP contribution in [-0.2, 0) is 21.4 Å². The Morgan fingerprint density at radius 1 is 1.33 bits per heavy atom. The standard InChI is InChI=1S/C19H22N2O5S/c1-11-8-14(12(2)20(11)4)16(23)9-26-19(24)15-10-27-18(21(15)13(3)22)17-6-5-7-25-17/h5-8,15,18H,9-10H2,1-4H3/t15-,18+/m1/s1. The van der Waals surface area contributed by atoms with Gasteiger partial charge in [0.1, 0.15) is 17.2 Å². The van der Waals surface area contributed by atoms with Crippen LogP contribution in [0.2, 0.25) is 0 Å². The first-order chi connectivity index (χ1) is 12.8. The first-order valence-corrected chi connectivity index (χ1v) is 9.62. The van der Waals surface area contributed by atoms with E-state index in [-0.39, 0.29) is 23.7 Å². The lowest BCUT2D eigenvalue weighted by atomic mass is 10.1. The molecule has 3 heterocycles. The van der Waals surface area contributed by atoms with Crippen LogP contribution in [0.3, 0.4) is 0 Å². The number of rotatable bonds is 5. The highest BCUT2D eigenvalue weighted by Gasteiger charge is 2.43. The Morgan fingerprint density at radius 2 is 2.07 bits per heavy atom. The normalized spacial score (nSPS) is 19.3. The van der Waals surface area contributed by atoms with Crippen molar-refractivity contribution in [2.75, 3.05) is 12.4 Å². The summed E-state index contributed by atoms with van der Waals surface area (Å²) in [5, 5.41) is -0.371. The van der Waals surface area contributed by atoms with Crippen LogP contribution in [0.5, 0.6) is 0 Å². The Morgan fingerprint density at radius 3 is 2.63 bits per heavy atom. The van der Waals surface area contributed by atoms with Crippen LogP contribution >= 0.6 is 11.8 Å². The molecule has 0 N–H and O–H groups in total. The van der Waals surface area contributed by atoms with E-state index in [2.05, 4.69) is 0 Å². The van der Waals surface area contributed by atoms with E-state index >= 15 is 0 Å². The molecule has 2 atom stereocenters. The third kappa shape index (κ3) is 3.66. The molecule has 0 bridgehead atoms. The minimum Gasteiger partial charge on any atom is -0.466 e. The van der Waals surface area contributed by atoms with Crippen molar-refractivity contribution >= 4 is 29.4 Å². The molecule has 1 aliphatic heterocycles. The van der Waals surface area contributed by atoms with Crippen molar-refractivity contribution in [2.24, 2.45) is 7.05 Å². The van der Waals surface area contributed by atoms with Crippen molar-refractivity contribution in [1.29, 1.82) is 0 Å². The number of hydrogen-bond donors (Lipinski definition) is 0. The second-order valence-corrected chi connectivity index (χ2v) is 7.63. The Hall–Kier alpha value is -2.48. The predicted octanol–water partition coefficient (Wildman–Crippen LogP) is 2.62. The molecule has 1 aliphatic rings. The fourth-order valence-corrected chi connectivity index (χ4v) is 4.59. The largest absolute Gasteiger partial charge is 0.466 e. The van der Waals surface area contributed by atoms with Crippen LogP contribution in [0.1, 0.15) is 39.8 Å². The van der Waals surface area contributed by atoms with Crippen molar-refractivity contribution in [3.8, 4) is 0 Å². The van der Waals surface area contributed by atoms with Crippen LogP contribution < -0.4 is 0 Å². The van der Waals surface area contributed by atoms with Gasteiger partial charge in [-0.3, -0.25) is 9.59 Å². The van der Waals surface area contributed by atoms with Crippen LogP contribution in [0, 0.1) is 13.8 Å². The molecule has 1 fully saturated rings. The molecule has 0 radical (unpaired) electrons. The van der Waals surface area contributed by atoms with Gasteiger partial charge in [0.2, 0.25) is 11.7 Å².